The summed E-state index contributed by atoms with van der Waals surface area (Å²) in [6.07, 6.45) is 0.836. The van der Waals surface area contributed by atoms with Crippen molar-refractivity contribution >= 4 is 29.0 Å². The van der Waals surface area contributed by atoms with Crippen LogP contribution in [0.5, 0.6) is 5.75 Å². The van der Waals surface area contributed by atoms with Gasteiger partial charge in [-0.1, -0.05) is 12.1 Å². The normalized spacial score (nSPS) is 10.3. The molecule has 25 heavy (non-hydrogen) atoms. The molecule has 7 heteroatoms. The number of ketones is 1. The number of methoxy groups -OCH3 is 1. The predicted molar refractivity (Wildman–Crippen MR) is 94.6 cm³/mol. The van der Waals surface area contributed by atoms with Crippen LogP contribution in [0.2, 0.25) is 0 Å². The Morgan fingerprint density at radius 1 is 1.20 bits per heavy atom. The van der Waals surface area contributed by atoms with Crippen molar-refractivity contribution in [2.45, 2.75) is 19.3 Å². The molecule has 0 aliphatic heterocycles. The third kappa shape index (κ3) is 5.42. The summed E-state index contributed by atoms with van der Waals surface area (Å²) in [6.45, 7) is 0.384. The van der Waals surface area contributed by atoms with Crippen LogP contribution in [0.3, 0.4) is 0 Å². The van der Waals surface area contributed by atoms with Gasteiger partial charge in [0.1, 0.15) is 5.75 Å². The second-order valence-electron chi connectivity index (χ2n) is 5.33. The zero-order chi connectivity index (χ0) is 18.2. The topological polar surface area (TPSA) is 92.7 Å². The van der Waals surface area contributed by atoms with Gasteiger partial charge in [-0.15, -0.1) is 11.3 Å². The van der Waals surface area contributed by atoms with Gasteiger partial charge in [-0.05, 0) is 35.6 Å². The number of ether oxygens (including phenoxy) is 1. The van der Waals surface area contributed by atoms with E-state index in [2.05, 4.69) is 5.32 Å². The van der Waals surface area contributed by atoms with Crippen molar-refractivity contribution in [1.82, 2.24) is 5.32 Å². The molecule has 1 amide bonds. The Morgan fingerprint density at radius 2 is 2.00 bits per heavy atom. The summed E-state index contributed by atoms with van der Waals surface area (Å²) in [5.74, 6) is -0.766. The summed E-state index contributed by atoms with van der Waals surface area (Å²) in [6, 6.07) is 8.19. The van der Waals surface area contributed by atoms with Gasteiger partial charge in [-0.2, -0.15) is 0 Å². The molecule has 0 fully saturated rings. The second-order valence-corrected chi connectivity index (χ2v) is 6.28. The van der Waals surface area contributed by atoms with Crippen LogP contribution in [0.4, 0.5) is 0 Å². The standard InChI is InChI=1S/C18H19NO5S/c1-24-15-11-13(18(22)23)5-4-12(15)8-9-19-17(21)7-6-14(20)16-3-2-10-25-16/h2-5,10-11H,6-9H2,1H3,(H,19,21)(H,22,23). The van der Waals surface area contributed by atoms with E-state index in [9.17, 15) is 14.4 Å². The first-order valence-electron chi connectivity index (χ1n) is 7.75. The lowest BCUT2D eigenvalue weighted by molar-refractivity contribution is -0.121. The van der Waals surface area contributed by atoms with E-state index >= 15 is 0 Å². The van der Waals surface area contributed by atoms with E-state index in [1.54, 1.807) is 18.2 Å². The molecule has 2 rings (SSSR count). The molecular weight excluding hydrogens is 342 g/mol. The van der Waals surface area contributed by atoms with Crippen LogP contribution in [0.1, 0.15) is 38.4 Å². The van der Waals surface area contributed by atoms with E-state index < -0.39 is 5.97 Å². The maximum atomic E-state index is 11.8. The molecule has 2 aromatic rings. The Labute approximate surface area is 149 Å². The first-order valence-corrected chi connectivity index (χ1v) is 8.63. The molecule has 0 unspecified atom stereocenters. The summed E-state index contributed by atoms with van der Waals surface area (Å²) in [4.78, 5) is 35.3. The van der Waals surface area contributed by atoms with Crippen LogP contribution in [-0.4, -0.2) is 36.4 Å². The minimum Gasteiger partial charge on any atom is -0.496 e. The molecule has 0 spiro atoms. The highest BCUT2D eigenvalue weighted by molar-refractivity contribution is 7.12. The second kappa shape index (κ2) is 8.98. The van der Waals surface area contributed by atoms with E-state index in [-0.39, 0.29) is 30.1 Å². The molecule has 6 nitrogen and oxygen atoms in total. The van der Waals surface area contributed by atoms with Gasteiger partial charge in [0, 0.05) is 19.4 Å². The molecule has 0 bridgehead atoms. The fourth-order valence-corrected chi connectivity index (χ4v) is 2.99. The van der Waals surface area contributed by atoms with Crippen LogP contribution < -0.4 is 10.1 Å². The quantitative estimate of drug-likeness (QED) is 0.670. The molecule has 1 heterocycles. The molecule has 0 saturated carbocycles. The Hall–Kier alpha value is -2.67. The van der Waals surface area contributed by atoms with Crippen molar-refractivity contribution in [2.24, 2.45) is 0 Å². The lowest BCUT2D eigenvalue weighted by Gasteiger charge is -2.10. The monoisotopic (exact) mass is 361 g/mol. The van der Waals surface area contributed by atoms with E-state index in [1.807, 2.05) is 5.38 Å². The third-order valence-electron chi connectivity index (χ3n) is 3.63. The highest BCUT2D eigenvalue weighted by atomic mass is 32.1. The number of hydrogen-bond donors (Lipinski definition) is 2. The van der Waals surface area contributed by atoms with Gasteiger partial charge < -0.3 is 15.2 Å². The Morgan fingerprint density at radius 3 is 2.64 bits per heavy atom. The number of carboxylic acid groups (broad SMARTS) is 1. The fraction of sp³-hybridized carbons (Fsp3) is 0.278. The van der Waals surface area contributed by atoms with Gasteiger partial charge in [0.15, 0.2) is 5.78 Å². The number of amides is 1. The first kappa shape index (κ1) is 18.7. The Kier molecular flexibility index (Phi) is 6.71. The van der Waals surface area contributed by atoms with E-state index in [0.29, 0.717) is 23.6 Å². The number of Topliss-reactive ketones (excluding diaryl/α,β-unsaturated/α-hetero) is 1. The van der Waals surface area contributed by atoms with Crippen LogP contribution in [-0.2, 0) is 11.2 Å². The van der Waals surface area contributed by atoms with Crippen molar-refractivity contribution in [1.29, 1.82) is 0 Å². The third-order valence-corrected chi connectivity index (χ3v) is 4.54. The van der Waals surface area contributed by atoms with Crippen molar-refractivity contribution in [2.75, 3.05) is 13.7 Å². The smallest absolute Gasteiger partial charge is 0.335 e. The minimum atomic E-state index is -1.02. The largest absolute Gasteiger partial charge is 0.496 e. The van der Waals surface area contributed by atoms with E-state index in [1.165, 1.54) is 30.6 Å². The average Bonchev–Trinajstić information content (AvgIpc) is 3.14. The van der Waals surface area contributed by atoms with Crippen LogP contribution in [0.25, 0.3) is 0 Å². The number of aromatic carboxylic acids is 1. The molecule has 0 radical (unpaired) electrons. The minimum absolute atomic E-state index is 0.0314. The summed E-state index contributed by atoms with van der Waals surface area (Å²) in [5, 5.41) is 13.6. The SMILES string of the molecule is COc1cc(C(=O)O)ccc1CCNC(=O)CCC(=O)c1cccs1. The van der Waals surface area contributed by atoms with Gasteiger partial charge in [0.2, 0.25) is 5.91 Å². The lowest BCUT2D eigenvalue weighted by atomic mass is 10.1. The number of thiophene rings is 1. The molecule has 0 saturated heterocycles. The summed E-state index contributed by atoms with van der Waals surface area (Å²) < 4.78 is 5.19. The zero-order valence-corrected chi connectivity index (χ0v) is 14.6. The van der Waals surface area contributed by atoms with Gasteiger partial charge in [-0.3, -0.25) is 9.59 Å². The van der Waals surface area contributed by atoms with E-state index in [4.69, 9.17) is 9.84 Å². The van der Waals surface area contributed by atoms with Gasteiger partial charge in [-0.25, -0.2) is 4.79 Å². The lowest BCUT2D eigenvalue weighted by Crippen LogP contribution is -2.26. The molecule has 132 valence electrons. The molecule has 2 N–H and O–H groups in total. The molecule has 0 aliphatic carbocycles. The van der Waals surface area contributed by atoms with Crippen LogP contribution in [0, 0.1) is 0 Å². The number of hydrogen-bond acceptors (Lipinski definition) is 5. The van der Waals surface area contributed by atoms with Crippen molar-refractivity contribution < 1.29 is 24.2 Å². The maximum absolute atomic E-state index is 11.8. The number of carboxylic acids is 1. The summed E-state index contributed by atoms with van der Waals surface area (Å²) >= 11 is 1.37. The number of carbonyl (C=O) groups is 3. The van der Waals surface area contributed by atoms with Gasteiger partial charge in [0.25, 0.3) is 0 Å². The maximum Gasteiger partial charge on any atom is 0.335 e. The number of benzene rings is 1. The molecule has 0 atom stereocenters. The molecule has 0 aliphatic rings. The van der Waals surface area contributed by atoms with Crippen LogP contribution >= 0.6 is 11.3 Å². The van der Waals surface area contributed by atoms with Crippen molar-refractivity contribution in [3.63, 3.8) is 0 Å². The highest BCUT2D eigenvalue weighted by Gasteiger charge is 2.11. The number of carbonyl (C=O) groups excluding carboxylic acids is 2. The highest BCUT2D eigenvalue weighted by Crippen LogP contribution is 2.20. The van der Waals surface area contributed by atoms with Crippen LogP contribution in [0.15, 0.2) is 35.7 Å². The van der Waals surface area contributed by atoms with Crippen molar-refractivity contribution in [3.8, 4) is 5.75 Å². The molecule has 1 aromatic carbocycles. The summed E-state index contributed by atoms with van der Waals surface area (Å²) in [5.41, 5.74) is 0.958. The summed E-state index contributed by atoms with van der Waals surface area (Å²) in [7, 11) is 1.47. The predicted octanol–water partition coefficient (Wildman–Crippen LogP) is 2.78. The zero-order valence-electron chi connectivity index (χ0n) is 13.8. The first-order chi connectivity index (χ1) is 12.0. The van der Waals surface area contributed by atoms with Gasteiger partial charge >= 0.3 is 5.97 Å². The van der Waals surface area contributed by atoms with Gasteiger partial charge in [0.05, 0.1) is 17.6 Å². The van der Waals surface area contributed by atoms with E-state index in [0.717, 1.165) is 5.56 Å². The molecule has 1 aromatic heterocycles. The average molecular weight is 361 g/mol. The Balaban J connectivity index is 1.79. The Bertz CT molecular complexity index is 755. The van der Waals surface area contributed by atoms with Crippen molar-refractivity contribution in [3.05, 3.63) is 51.7 Å². The number of nitrogens with one attached hydrogen (secondary N) is 1. The fourth-order valence-electron chi connectivity index (χ4n) is 2.30. The molecular formula is C18H19NO5S. The number of rotatable bonds is 9.